The summed E-state index contributed by atoms with van der Waals surface area (Å²) in [5, 5.41) is 0. The van der Waals surface area contributed by atoms with Gasteiger partial charge in [0.1, 0.15) is 0 Å². The van der Waals surface area contributed by atoms with Crippen LogP contribution in [0.3, 0.4) is 0 Å². The lowest BCUT2D eigenvalue weighted by atomic mass is 10.2. The van der Waals surface area contributed by atoms with E-state index in [9.17, 15) is 18.0 Å². The van der Waals surface area contributed by atoms with E-state index in [0.717, 1.165) is 5.56 Å². The summed E-state index contributed by atoms with van der Waals surface area (Å²) in [6, 6.07) is 14.8. The molecule has 8 heteroatoms. The zero-order chi connectivity index (χ0) is 21.6. The molecule has 0 saturated heterocycles. The van der Waals surface area contributed by atoms with Crippen molar-refractivity contribution in [2.75, 3.05) is 20.7 Å². The SMILES string of the molecule is CC(C)N(C)S(=O)(=O)c1cccc(C(=O)OCC(=O)N(C)Cc2ccccc2)c1. The molecule has 0 unspecified atom stereocenters. The quantitative estimate of drug-likeness (QED) is 0.615. The van der Waals surface area contributed by atoms with Crippen molar-refractivity contribution in [3.8, 4) is 0 Å². The molecule has 0 atom stereocenters. The van der Waals surface area contributed by atoms with Crippen molar-refractivity contribution in [2.45, 2.75) is 31.3 Å². The number of benzene rings is 2. The average Bonchev–Trinajstić information content (AvgIpc) is 2.71. The number of ether oxygens (including phenoxy) is 1. The molecule has 0 heterocycles. The van der Waals surface area contributed by atoms with Gasteiger partial charge in [-0.15, -0.1) is 0 Å². The number of hydrogen-bond acceptors (Lipinski definition) is 5. The van der Waals surface area contributed by atoms with E-state index in [4.69, 9.17) is 4.74 Å². The Bertz CT molecular complexity index is 958. The molecule has 1 amide bonds. The van der Waals surface area contributed by atoms with Gasteiger partial charge in [-0.25, -0.2) is 13.2 Å². The number of likely N-dealkylation sites (N-methyl/N-ethyl adjacent to an activating group) is 1. The Balaban J connectivity index is 2.01. The Morgan fingerprint density at radius 1 is 1.00 bits per heavy atom. The van der Waals surface area contributed by atoms with E-state index >= 15 is 0 Å². The lowest BCUT2D eigenvalue weighted by Gasteiger charge is -2.21. The van der Waals surface area contributed by atoms with Gasteiger partial charge in [0.15, 0.2) is 6.61 Å². The first kappa shape index (κ1) is 22.6. The Hall–Kier alpha value is -2.71. The fourth-order valence-corrected chi connectivity index (χ4v) is 3.91. The summed E-state index contributed by atoms with van der Waals surface area (Å²) < 4.78 is 31.5. The minimum Gasteiger partial charge on any atom is -0.452 e. The highest BCUT2D eigenvalue weighted by molar-refractivity contribution is 7.89. The lowest BCUT2D eigenvalue weighted by Crippen LogP contribution is -2.33. The largest absolute Gasteiger partial charge is 0.452 e. The number of rotatable bonds is 8. The van der Waals surface area contributed by atoms with Crippen LogP contribution in [0.15, 0.2) is 59.5 Å². The average molecular weight is 419 g/mol. The second-order valence-corrected chi connectivity index (χ2v) is 8.95. The maximum absolute atomic E-state index is 12.6. The fourth-order valence-electron chi connectivity index (χ4n) is 2.49. The summed E-state index contributed by atoms with van der Waals surface area (Å²) in [6.07, 6.45) is 0. The van der Waals surface area contributed by atoms with E-state index < -0.39 is 22.6 Å². The van der Waals surface area contributed by atoms with Gasteiger partial charge in [-0.1, -0.05) is 36.4 Å². The molecule has 29 heavy (non-hydrogen) atoms. The Morgan fingerprint density at radius 3 is 2.28 bits per heavy atom. The van der Waals surface area contributed by atoms with Crippen LogP contribution in [0.5, 0.6) is 0 Å². The van der Waals surface area contributed by atoms with Crippen molar-refractivity contribution in [3.63, 3.8) is 0 Å². The minimum absolute atomic E-state index is 0.00401. The molecule has 2 aromatic rings. The van der Waals surface area contributed by atoms with Gasteiger partial charge in [0, 0.05) is 26.7 Å². The first-order valence-electron chi connectivity index (χ1n) is 9.16. The minimum atomic E-state index is -3.72. The molecule has 156 valence electrons. The molecular weight excluding hydrogens is 392 g/mol. The summed E-state index contributed by atoms with van der Waals surface area (Å²) in [5.74, 6) is -1.11. The van der Waals surface area contributed by atoms with Crippen LogP contribution in [-0.2, 0) is 26.1 Å². The van der Waals surface area contributed by atoms with Crippen LogP contribution in [0.2, 0.25) is 0 Å². The van der Waals surface area contributed by atoms with Crippen molar-refractivity contribution in [1.29, 1.82) is 0 Å². The molecule has 0 radical (unpaired) electrons. The molecule has 0 aliphatic rings. The maximum atomic E-state index is 12.6. The number of amides is 1. The van der Waals surface area contributed by atoms with Crippen LogP contribution in [0.25, 0.3) is 0 Å². The summed E-state index contributed by atoms with van der Waals surface area (Å²) in [4.78, 5) is 26.0. The van der Waals surface area contributed by atoms with E-state index in [1.807, 2.05) is 30.3 Å². The molecule has 0 aromatic heterocycles. The summed E-state index contributed by atoms with van der Waals surface area (Å²) in [7, 11) is -0.622. The molecule has 7 nitrogen and oxygen atoms in total. The molecule has 0 saturated carbocycles. The van der Waals surface area contributed by atoms with Crippen LogP contribution in [-0.4, -0.2) is 56.2 Å². The molecule has 0 fully saturated rings. The standard InChI is InChI=1S/C21H26N2O5S/c1-16(2)23(4)29(26,27)19-12-8-11-18(13-19)21(25)28-15-20(24)22(3)14-17-9-6-5-7-10-17/h5-13,16H,14-15H2,1-4H3. The predicted molar refractivity (Wildman–Crippen MR) is 110 cm³/mol. The smallest absolute Gasteiger partial charge is 0.338 e. The van der Waals surface area contributed by atoms with Crippen LogP contribution in [0.4, 0.5) is 0 Å². The highest BCUT2D eigenvalue weighted by Gasteiger charge is 2.24. The first-order valence-corrected chi connectivity index (χ1v) is 10.6. The number of hydrogen-bond donors (Lipinski definition) is 0. The summed E-state index contributed by atoms with van der Waals surface area (Å²) in [5.41, 5.74) is 1.03. The Kier molecular flexibility index (Phi) is 7.53. The van der Waals surface area contributed by atoms with Crippen molar-refractivity contribution < 1.29 is 22.7 Å². The Morgan fingerprint density at radius 2 is 1.66 bits per heavy atom. The van der Waals surface area contributed by atoms with Gasteiger partial charge in [0.25, 0.3) is 5.91 Å². The zero-order valence-electron chi connectivity index (χ0n) is 17.0. The number of carbonyl (C=O) groups excluding carboxylic acids is 2. The third kappa shape index (κ3) is 5.88. The van der Waals surface area contributed by atoms with E-state index in [1.165, 1.54) is 40.5 Å². The van der Waals surface area contributed by atoms with Crippen molar-refractivity contribution >= 4 is 21.9 Å². The highest BCUT2D eigenvalue weighted by Crippen LogP contribution is 2.18. The van der Waals surface area contributed by atoms with Gasteiger partial charge in [0.05, 0.1) is 10.5 Å². The molecule has 0 aliphatic heterocycles. The second-order valence-electron chi connectivity index (χ2n) is 6.95. The van der Waals surface area contributed by atoms with Crippen molar-refractivity contribution in [3.05, 3.63) is 65.7 Å². The summed E-state index contributed by atoms with van der Waals surface area (Å²) in [6.45, 7) is 3.48. The number of sulfonamides is 1. The topological polar surface area (TPSA) is 84.0 Å². The molecule has 0 bridgehead atoms. The predicted octanol–water partition coefficient (Wildman–Crippen LogP) is 2.53. The van der Waals surface area contributed by atoms with Crippen LogP contribution < -0.4 is 0 Å². The lowest BCUT2D eigenvalue weighted by molar-refractivity contribution is -0.133. The zero-order valence-corrected chi connectivity index (χ0v) is 17.8. The fraction of sp³-hybridized carbons (Fsp3) is 0.333. The van der Waals surface area contributed by atoms with E-state index in [1.54, 1.807) is 20.9 Å². The number of nitrogens with zero attached hydrogens (tertiary/aromatic N) is 2. The third-order valence-electron chi connectivity index (χ3n) is 4.49. The van der Waals surface area contributed by atoms with Crippen molar-refractivity contribution in [2.24, 2.45) is 0 Å². The van der Waals surface area contributed by atoms with Crippen LogP contribution >= 0.6 is 0 Å². The van der Waals surface area contributed by atoms with Gasteiger partial charge < -0.3 is 9.64 Å². The van der Waals surface area contributed by atoms with Gasteiger partial charge >= 0.3 is 5.97 Å². The second kappa shape index (κ2) is 9.67. The highest BCUT2D eigenvalue weighted by atomic mass is 32.2. The van der Waals surface area contributed by atoms with E-state index in [-0.39, 0.29) is 22.4 Å². The van der Waals surface area contributed by atoms with E-state index in [2.05, 4.69) is 0 Å². The van der Waals surface area contributed by atoms with Crippen LogP contribution in [0.1, 0.15) is 29.8 Å². The van der Waals surface area contributed by atoms with Crippen molar-refractivity contribution in [1.82, 2.24) is 9.21 Å². The monoisotopic (exact) mass is 418 g/mol. The molecular formula is C21H26N2O5S. The van der Waals surface area contributed by atoms with Gasteiger partial charge in [-0.05, 0) is 37.6 Å². The molecule has 0 spiro atoms. The van der Waals surface area contributed by atoms with Gasteiger partial charge in [-0.2, -0.15) is 4.31 Å². The number of carbonyl (C=O) groups is 2. The normalized spacial score (nSPS) is 11.5. The first-order chi connectivity index (χ1) is 13.6. The van der Waals surface area contributed by atoms with E-state index in [0.29, 0.717) is 6.54 Å². The van der Waals surface area contributed by atoms with Gasteiger partial charge in [0.2, 0.25) is 10.0 Å². The molecule has 0 aliphatic carbocycles. The molecule has 2 aromatic carbocycles. The summed E-state index contributed by atoms with van der Waals surface area (Å²) >= 11 is 0. The van der Waals surface area contributed by atoms with Gasteiger partial charge in [-0.3, -0.25) is 4.79 Å². The Labute approximate surface area is 171 Å². The molecule has 0 N–H and O–H groups in total. The van der Waals surface area contributed by atoms with Crippen LogP contribution in [0, 0.1) is 0 Å². The maximum Gasteiger partial charge on any atom is 0.338 e. The molecule has 2 rings (SSSR count). The third-order valence-corrected chi connectivity index (χ3v) is 6.52. The number of esters is 1.